The molecule has 2 aromatic rings. The lowest BCUT2D eigenvalue weighted by atomic mass is 9.55. The van der Waals surface area contributed by atoms with E-state index in [1.165, 1.54) is 6.42 Å². The van der Waals surface area contributed by atoms with Gasteiger partial charge in [-0.05, 0) is 74.3 Å². The zero-order valence-electron chi connectivity index (χ0n) is 16.7. The third-order valence-electron chi connectivity index (χ3n) is 7.25. The van der Waals surface area contributed by atoms with E-state index >= 15 is 0 Å². The summed E-state index contributed by atoms with van der Waals surface area (Å²) in [6.45, 7) is 1.59. The zero-order chi connectivity index (χ0) is 20.2. The minimum atomic E-state index is -1.33. The van der Waals surface area contributed by atoms with Crippen LogP contribution in [-0.4, -0.2) is 28.8 Å². The van der Waals surface area contributed by atoms with Crippen molar-refractivity contribution in [3.05, 3.63) is 36.0 Å². The van der Waals surface area contributed by atoms with Crippen LogP contribution in [0, 0.1) is 23.7 Å². The van der Waals surface area contributed by atoms with Crippen LogP contribution in [0.5, 0.6) is 0 Å². The van der Waals surface area contributed by atoms with E-state index in [1.54, 1.807) is 6.92 Å². The summed E-state index contributed by atoms with van der Waals surface area (Å²) >= 11 is 0. The van der Waals surface area contributed by atoms with Gasteiger partial charge in [-0.3, -0.25) is 0 Å². The Bertz CT molecular complexity index is 919. The average molecular weight is 396 g/mol. The Morgan fingerprint density at radius 3 is 2.45 bits per heavy atom. The monoisotopic (exact) mass is 396 g/mol. The molecule has 4 fully saturated rings. The fraction of sp³-hybridized carbons (Fsp3) is 0.565. The summed E-state index contributed by atoms with van der Waals surface area (Å²) in [4.78, 5) is 28.2. The molecule has 6 rings (SSSR count). The van der Waals surface area contributed by atoms with Crippen LogP contribution >= 0.6 is 0 Å². The first kappa shape index (κ1) is 18.7. The van der Waals surface area contributed by atoms with Gasteiger partial charge in [0.1, 0.15) is 11.6 Å². The molecule has 0 radical (unpaired) electrons. The Hall–Kier alpha value is -2.34. The van der Waals surface area contributed by atoms with Crippen LogP contribution in [-0.2, 0) is 20.7 Å². The maximum atomic E-state index is 12.6. The van der Waals surface area contributed by atoms with Crippen LogP contribution in [0.15, 0.2) is 30.5 Å². The van der Waals surface area contributed by atoms with Crippen LogP contribution in [0.4, 0.5) is 4.79 Å². The van der Waals surface area contributed by atoms with Crippen molar-refractivity contribution in [1.29, 1.82) is 0 Å². The molecule has 0 saturated heterocycles. The number of carbonyl (C=O) groups is 2. The van der Waals surface area contributed by atoms with Gasteiger partial charge in [0.2, 0.25) is 0 Å². The van der Waals surface area contributed by atoms with E-state index in [4.69, 9.17) is 15.2 Å². The molecule has 4 aliphatic carbocycles. The lowest BCUT2D eigenvalue weighted by Crippen LogP contribution is -2.51. The summed E-state index contributed by atoms with van der Waals surface area (Å²) in [5, 5.41) is 1.01. The summed E-state index contributed by atoms with van der Waals surface area (Å²) in [6.07, 6.45) is 6.97. The highest BCUT2D eigenvalue weighted by Gasteiger charge is 2.50. The third-order valence-corrected chi connectivity index (χ3v) is 7.25. The summed E-state index contributed by atoms with van der Waals surface area (Å²) < 4.78 is 10.7. The van der Waals surface area contributed by atoms with Crippen molar-refractivity contribution < 1.29 is 19.1 Å². The lowest BCUT2D eigenvalue weighted by molar-refractivity contribution is -0.151. The van der Waals surface area contributed by atoms with Crippen LogP contribution in [0.1, 0.15) is 44.6 Å². The minimum absolute atomic E-state index is 0.110. The van der Waals surface area contributed by atoms with Gasteiger partial charge >= 0.3 is 12.1 Å². The highest BCUT2D eigenvalue weighted by atomic mass is 16.7. The molecule has 1 heterocycles. The first-order valence-electron chi connectivity index (χ1n) is 10.7. The van der Waals surface area contributed by atoms with Gasteiger partial charge in [-0.1, -0.05) is 18.2 Å². The largest absolute Gasteiger partial charge is 0.516 e. The van der Waals surface area contributed by atoms with Gasteiger partial charge in [0.05, 0.1) is 0 Å². The van der Waals surface area contributed by atoms with E-state index in [1.807, 2.05) is 30.5 Å². The van der Waals surface area contributed by atoms with Crippen molar-refractivity contribution in [2.45, 2.75) is 57.1 Å². The zero-order valence-corrected chi connectivity index (χ0v) is 16.7. The van der Waals surface area contributed by atoms with Crippen molar-refractivity contribution >= 4 is 23.0 Å². The molecular weight excluding hydrogens is 368 g/mol. The predicted molar refractivity (Wildman–Crippen MR) is 108 cm³/mol. The quantitative estimate of drug-likeness (QED) is 0.603. The Morgan fingerprint density at radius 2 is 1.76 bits per heavy atom. The highest BCUT2D eigenvalue weighted by Crippen LogP contribution is 2.54. The van der Waals surface area contributed by atoms with Gasteiger partial charge in [-0.15, -0.1) is 0 Å². The smallest absolute Gasteiger partial charge is 0.430 e. The number of nitrogens with two attached hydrogens (primary N) is 1. The number of ether oxygens (including phenoxy) is 2. The molecule has 1 unspecified atom stereocenters. The van der Waals surface area contributed by atoms with Gasteiger partial charge in [0.15, 0.2) is 0 Å². The van der Waals surface area contributed by atoms with Gasteiger partial charge in [-0.25, -0.2) is 9.59 Å². The van der Waals surface area contributed by atoms with Crippen LogP contribution in [0.2, 0.25) is 0 Å². The fourth-order valence-electron chi connectivity index (χ4n) is 6.14. The molecule has 0 amide bonds. The summed E-state index contributed by atoms with van der Waals surface area (Å²) in [5.41, 5.74) is 6.81. The second-order valence-electron chi connectivity index (χ2n) is 9.61. The number of rotatable bonds is 4. The van der Waals surface area contributed by atoms with E-state index < -0.39 is 17.7 Å². The standard InChI is InChI=1S/C23H28N2O4/c1-23(24,11-17-12-25-19-5-3-2-4-18(17)19)21(26)29-22(27)28-20-15-7-13-6-14(9-15)10-16(20)8-13/h2-5,12-16,20,25H,6-11,24H2,1H3. The number of carbonyl (C=O) groups excluding carboxylic acids is 2. The van der Waals surface area contributed by atoms with Gasteiger partial charge in [0.25, 0.3) is 0 Å². The van der Waals surface area contributed by atoms with Crippen LogP contribution in [0.25, 0.3) is 10.9 Å². The molecular formula is C23H28N2O4. The van der Waals surface area contributed by atoms with Crippen molar-refractivity contribution in [3.63, 3.8) is 0 Å². The second kappa shape index (κ2) is 6.87. The Labute approximate surface area is 170 Å². The van der Waals surface area contributed by atoms with Gasteiger partial charge < -0.3 is 20.2 Å². The van der Waals surface area contributed by atoms with Crippen LogP contribution < -0.4 is 5.73 Å². The predicted octanol–water partition coefficient (Wildman–Crippen LogP) is 3.93. The summed E-state index contributed by atoms with van der Waals surface area (Å²) in [5.74, 6) is 1.67. The third kappa shape index (κ3) is 3.44. The molecule has 3 N–H and O–H groups in total. The number of esters is 1. The molecule has 4 bridgehead atoms. The lowest BCUT2D eigenvalue weighted by Gasteiger charge is -2.53. The van der Waals surface area contributed by atoms with E-state index in [-0.39, 0.29) is 12.5 Å². The SMILES string of the molecule is CC(N)(Cc1c[nH]c2ccccc12)C(=O)OC(=O)OC1C2CC3CC(C2)CC1C3. The molecule has 4 saturated carbocycles. The normalized spacial score (nSPS) is 32.1. The Kier molecular flexibility index (Phi) is 4.42. The molecule has 1 aromatic carbocycles. The Balaban J connectivity index is 1.22. The van der Waals surface area contributed by atoms with Crippen molar-refractivity contribution in [3.8, 4) is 0 Å². The molecule has 1 aromatic heterocycles. The minimum Gasteiger partial charge on any atom is -0.430 e. The molecule has 6 heteroatoms. The van der Waals surface area contributed by atoms with Crippen molar-refractivity contribution in [1.82, 2.24) is 4.98 Å². The number of hydrogen-bond donors (Lipinski definition) is 2. The topological polar surface area (TPSA) is 94.4 Å². The molecule has 154 valence electrons. The first-order chi connectivity index (χ1) is 13.9. The molecule has 1 atom stereocenters. The summed E-state index contributed by atoms with van der Waals surface area (Å²) in [6, 6.07) is 7.82. The number of aromatic nitrogens is 1. The fourth-order valence-corrected chi connectivity index (χ4v) is 6.14. The number of benzene rings is 1. The number of para-hydroxylation sites is 1. The van der Waals surface area contributed by atoms with Crippen molar-refractivity contribution in [2.75, 3.05) is 0 Å². The van der Waals surface area contributed by atoms with E-state index in [9.17, 15) is 9.59 Å². The first-order valence-corrected chi connectivity index (χ1v) is 10.7. The second-order valence-corrected chi connectivity index (χ2v) is 9.61. The maximum absolute atomic E-state index is 12.6. The van der Waals surface area contributed by atoms with E-state index in [0.717, 1.165) is 54.0 Å². The van der Waals surface area contributed by atoms with E-state index in [0.29, 0.717) is 11.8 Å². The Morgan fingerprint density at radius 1 is 1.10 bits per heavy atom. The molecule has 29 heavy (non-hydrogen) atoms. The number of nitrogens with one attached hydrogen (secondary N) is 1. The number of aromatic amines is 1. The number of hydrogen-bond acceptors (Lipinski definition) is 5. The van der Waals surface area contributed by atoms with Gasteiger partial charge in [-0.2, -0.15) is 0 Å². The molecule has 0 aliphatic heterocycles. The molecule has 4 aliphatic rings. The highest BCUT2D eigenvalue weighted by molar-refractivity contribution is 5.90. The summed E-state index contributed by atoms with van der Waals surface area (Å²) in [7, 11) is 0. The number of H-pyrrole nitrogens is 1. The molecule has 0 spiro atoms. The molecule has 6 nitrogen and oxygen atoms in total. The van der Waals surface area contributed by atoms with Crippen molar-refractivity contribution in [2.24, 2.45) is 29.4 Å². The number of fused-ring (bicyclic) bond motifs is 1. The van der Waals surface area contributed by atoms with E-state index in [2.05, 4.69) is 4.98 Å². The average Bonchev–Trinajstić information content (AvgIpc) is 3.06. The van der Waals surface area contributed by atoms with Crippen LogP contribution in [0.3, 0.4) is 0 Å². The maximum Gasteiger partial charge on any atom is 0.516 e. The van der Waals surface area contributed by atoms with Gasteiger partial charge in [0, 0.05) is 23.5 Å².